The molecule has 2 rings (SSSR count). The maximum Gasteiger partial charge on any atom is 0.348 e. The monoisotopic (exact) mass is 340 g/mol. The molecular weight excluding hydrogens is 324 g/mol. The van der Waals surface area contributed by atoms with Crippen LogP contribution in [0.1, 0.15) is 35.2 Å². The molecule has 2 atom stereocenters. The van der Waals surface area contributed by atoms with Crippen molar-refractivity contribution in [3.8, 4) is 17.2 Å². The van der Waals surface area contributed by atoms with Crippen LogP contribution in [0.5, 0.6) is 17.2 Å². The Morgan fingerprint density at radius 1 is 1.25 bits per heavy atom. The smallest absolute Gasteiger partial charge is 0.348 e. The van der Waals surface area contributed by atoms with Gasteiger partial charge in [0.15, 0.2) is 11.5 Å². The first-order chi connectivity index (χ1) is 11.3. The van der Waals surface area contributed by atoms with Crippen LogP contribution in [0, 0.1) is 0 Å². The van der Waals surface area contributed by atoms with Gasteiger partial charge in [-0.1, -0.05) is 0 Å². The summed E-state index contributed by atoms with van der Waals surface area (Å²) in [6.45, 7) is 1.56. The second-order valence-electron chi connectivity index (χ2n) is 5.02. The van der Waals surface area contributed by atoms with E-state index in [1.54, 1.807) is 6.92 Å². The van der Waals surface area contributed by atoms with E-state index in [1.807, 2.05) is 0 Å². The van der Waals surface area contributed by atoms with Crippen molar-refractivity contribution in [1.29, 1.82) is 0 Å². The third-order valence-corrected chi connectivity index (χ3v) is 3.62. The first-order valence-electron chi connectivity index (χ1n) is 7.04. The number of phenols is 3. The molecule has 0 aliphatic carbocycles. The second kappa shape index (κ2) is 6.65. The normalized spacial score (nSPS) is 19.2. The fourth-order valence-electron chi connectivity index (χ4n) is 2.52. The van der Waals surface area contributed by atoms with Crippen LogP contribution in [0.4, 0.5) is 0 Å². The van der Waals surface area contributed by atoms with Crippen molar-refractivity contribution in [2.75, 3.05) is 13.7 Å². The SMILES string of the molecule is CCOC(=O)[C@H]1OC(=O)c2cc(O)c(O)c(O)c2[C@@H]1CC(=O)OC. The largest absolute Gasteiger partial charge is 0.504 e. The van der Waals surface area contributed by atoms with Crippen LogP contribution < -0.4 is 0 Å². The maximum absolute atomic E-state index is 12.1. The average Bonchev–Trinajstić information content (AvgIpc) is 2.55. The van der Waals surface area contributed by atoms with Gasteiger partial charge in [-0.15, -0.1) is 0 Å². The average molecular weight is 340 g/mol. The Morgan fingerprint density at radius 2 is 1.92 bits per heavy atom. The zero-order valence-corrected chi connectivity index (χ0v) is 12.9. The van der Waals surface area contributed by atoms with Crippen LogP contribution in [0.25, 0.3) is 0 Å². The van der Waals surface area contributed by atoms with Crippen LogP contribution in [0.2, 0.25) is 0 Å². The van der Waals surface area contributed by atoms with E-state index in [-0.39, 0.29) is 17.7 Å². The predicted molar refractivity (Wildman–Crippen MR) is 76.6 cm³/mol. The number of carbonyl (C=O) groups excluding carboxylic acids is 3. The number of cyclic esters (lactones) is 1. The fourth-order valence-corrected chi connectivity index (χ4v) is 2.52. The molecule has 9 heteroatoms. The quantitative estimate of drug-likeness (QED) is 0.407. The Bertz CT molecular complexity index is 695. The van der Waals surface area contributed by atoms with E-state index in [9.17, 15) is 29.7 Å². The Balaban J connectivity index is 2.60. The summed E-state index contributed by atoms with van der Waals surface area (Å²) in [5, 5.41) is 29.4. The third kappa shape index (κ3) is 2.92. The number of fused-ring (bicyclic) bond motifs is 1. The van der Waals surface area contributed by atoms with Gasteiger partial charge in [0.25, 0.3) is 0 Å². The molecule has 3 N–H and O–H groups in total. The van der Waals surface area contributed by atoms with Gasteiger partial charge >= 0.3 is 17.9 Å². The first kappa shape index (κ1) is 17.4. The van der Waals surface area contributed by atoms with Crippen molar-refractivity contribution in [3.63, 3.8) is 0 Å². The molecule has 1 aliphatic heterocycles. The van der Waals surface area contributed by atoms with Gasteiger partial charge in [0.1, 0.15) is 0 Å². The van der Waals surface area contributed by atoms with Gasteiger partial charge < -0.3 is 29.5 Å². The lowest BCUT2D eigenvalue weighted by Gasteiger charge is -2.31. The van der Waals surface area contributed by atoms with Crippen molar-refractivity contribution in [2.24, 2.45) is 0 Å². The number of methoxy groups -OCH3 is 1. The summed E-state index contributed by atoms with van der Waals surface area (Å²) in [6, 6.07) is 0.887. The number of hydrogen-bond acceptors (Lipinski definition) is 9. The number of hydrogen-bond donors (Lipinski definition) is 3. The number of rotatable bonds is 4. The molecule has 24 heavy (non-hydrogen) atoms. The summed E-state index contributed by atoms with van der Waals surface area (Å²) in [5.74, 6) is -6.21. The molecule has 0 spiro atoms. The highest BCUT2D eigenvalue weighted by molar-refractivity contribution is 5.98. The molecule has 0 fully saturated rings. The molecule has 0 bridgehead atoms. The number of benzene rings is 1. The number of ether oxygens (including phenoxy) is 3. The molecule has 1 aromatic rings. The molecule has 1 aromatic carbocycles. The Kier molecular flexibility index (Phi) is 4.82. The molecule has 0 aromatic heterocycles. The van der Waals surface area contributed by atoms with Gasteiger partial charge in [0.2, 0.25) is 11.9 Å². The molecule has 0 radical (unpaired) electrons. The van der Waals surface area contributed by atoms with Gasteiger partial charge in [-0.05, 0) is 13.0 Å². The topological polar surface area (TPSA) is 140 Å². The summed E-state index contributed by atoms with van der Waals surface area (Å²) in [4.78, 5) is 35.8. The zero-order chi connectivity index (χ0) is 18.0. The fraction of sp³-hybridized carbons (Fsp3) is 0.400. The van der Waals surface area contributed by atoms with E-state index in [0.717, 1.165) is 13.2 Å². The number of phenolic OH excluding ortho intramolecular Hbond substituents is 3. The Hall–Kier alpha value is -2.97. The molecule has 1 aliphatic rings. The number of aromatic hydroxyl groups is 3. The van der Waals surface area contributed by atoms with E-state index >= 15 is 0 Å². The highest BCUT2D eigenvalue weighted by Crippen LogP contribution is 2.47. The molecule has 0 saturated heterocycles. The van der Waals surface area contributed by atoms with Crippen molar-refractivity contribution in [1.82, 2.24) is 0 Å². The minimum absolute atomic E-state index is 0.0114. The lowest BCUT2D eigenvalue weighted by molar-refractivity contribution is -0.156. The molecule has 0 saturated carbocycles. The first-order valence-corrected chi connectivity index (χ1v) is 7.04. The van der Waals surface area contributed by atoms with Crippen molar-refractivity contribution >= 4 is 17.9 Å². The predicted octanol–water partition coefficient (Wildman–Crippen LogP) is 0.552. The Labute approximate surface area is 136 Å². The maximum atomic E-state index is 12.1. The van der Waals surface area contributed by atoms with Crippen LogP contribution in [0.3, 0.4) is 0 Å². The van der Waals surface area contributed by atoms with Crippen LogP contribution in [0.15, 0.2) is 6.07 Å². The van der Waals surface area contributed by atoms with Crippen LogP contribution in [-0.4, -0.2) is 53.0 Å². The summed E-state index contributed by atoms with van der Waals surface area (Å²) in [5.41, 5.74) is -0.456. The number of carbonyl (C=O) groups is 3. The highest BCUT2D eigenvalue weighted by Gasteiger charge is 2.45. The van der Waals surface area contributed by atoms with Gasteiger partial charge in [-0.25, -0.2) is 9.59 Å². The molecule has 130 valence electrons. The molecule has 0 unspecified atom stereocenters. The lowest BCUT2D eigenvalue weighted by atomic mass is 9.83. The molecular formula is C15H16O9. The summed E-state index contributed by atoms with van der Waals surface area (Å²) < 4.78 is 14.4. The van der Waals surface area contributed by atoms with E-state index in [4.69, 9.17) is 9.47 Å². The third-order valence-electron chi connectivity index (χ3n) is 3.62. The van der Waals surface area contributed by atoms with Crippen molar-refractivity contribution in [2.45, 2.75) is 25.4 Å². The molecule has 1 heterocycles. The molecule has 9 nitrogen and oxygen atoms in total. The van der Waals surface area contributed by atoms with Gasteiger partial charge in [-0.3, -0.25) is 4.79 Å². The summed E-state index contributed by atoms with van der Waals surface area (Å²) >= 11 is 0. The van der Waals surface area contributed by atoms with Crippen molar-refractivity contribution in [3.05, 3.63) is 17.2 Å². The van der Waals surface area contributed by atoms with E-state index < -0.39 is 53.6 Å². The zero-order valence-electron chi connectivity index (χ0n) is 12.9. The van der Waals surface area contributed by atoms with E-state index in [0.29, 0.717) is 0 Å². The van der Waals surface area contributed by atoms with Gasteiger partial charge in [0, 0.05) is 11.5 Å². The standard InChI is InChI=1S/C15H16O9/c1-3-23-15(21)13-6(5-9(17)22-2)10-7(14(20)24-13)4-8(16)11(18)12(10)19/h4,6,13,16,18-19H,3,5H2,1-2H3/t6-,13-/m0/s1. The minimum Gasteiger partial charge on any atom is -0.504 e. The Morgan fingerprint density at radius 3 is 2.50 bits per heavy atom. The second-order valence-corrected chi connectivity index (χ2v) is 5.02. The minimum atomic E-state index is -1.50. The van der Waals surface area contributed by atoms with Crippen LogP contribution >= 0.6 is 0 Å². The van der Waals surface area contributed by atoms with Crippen molar-refractivity contribution < 1.29 is 43.9 Å². The van der Waals surface area contributed by atoms with E-state index in [1.165, 1.54) is 0 Å². The highest BCUT2D eigenvalue weighted by atomic mass is 16.6. The van der Waals surface area contributed by atoms with Crippen LogP contribution in [-0.2, 0) is 23.8 Å². The van der Waals surface area contributed by atoms with Gasteiger partial charge in [0.05, 0.1) is 25.7 Å². The summed E-state index contributed by atoms with van der Waals surface area (Å²) in [6.07, 6.45) is -1.92. The van der Waals surface area contributed by atoms with E-state index in [2.05, 4.69) is 4.74 Å². The molecule has 0 amide bonds. The number of esters is 3. The van der Waals surface area contributed by atoms with Gasteiger partial charge in [-0.2, -0.15) is 0 Å². The summed E-state index contributed by atoms with van der Waals surface area (Å²) in [7, 11) is 1.13. The lowest BCUT2D eigenvalue weighted by Crippen LogP contribution is -2.40.